The van der Waals surface area contributed by atoms with Crippen molar-refractivity contribution in [2.75, 3.05) is 6.54 Å². The van der Waals surface area contributed by atoms with Crippen LogP contribution in [0.5, 0.6) is 0 Å². The molecule has 2 amide bonds. The quantitative estimate of drug-likeness (QED) is 0.557. The molecule has 3 atom stereocenters. The molecule has 0 bridgehead atoms. The fraction of sp³-hybridized carbons (Fsp3) is 0.500. The van der Waals surface area contributed by atoms with E-state index in [0.29, 0.717) is 5.25 Å². The number of hydrogen-bond acceptors (Lipinski definition) is 3. The maximum absolute atomic E-state index is 12.6. The van der Waals surface area contributed by atoms with E-state index in [2.05, 4.69) is 16.7 Å². The van der Waals surface area contributed by atoms with Gasteiger partial charge in [-0.25, -0.2) is 0 Å². The van der Waals surface area contributed by atoms with Crippen LogP contribution in [0.15, 0.2) is 46.9 Å². The van der Waals surface area contributed by atoms with Crippen LogP contribution in [0.2, 0.25) is 0 Å². The fourth-order valence-electron chi connectivity index (χ4n) is 4.55. The molecular formula is C24H30N2O2S. The summed E-state index contributed by atoms with van der Waals surface area (Å²) in [5, 5.41) is 6.66. The van der Waals surface area contributed by atoms with Crippen LogP contribution in [0.3, 0.4) is 0 Å². The highest BCUT2D eigenvalue weighted by Gasteiger charge is 2.39. The molecule has 4 nitrogen and oxygen atoms in total. The lowest BCUT2D eigenvalue weighted by atomic mass is 9.84. The summed E-state index contributed by atoms with van der Waals surface area (Å²) >= 11 is 1.68. The van der Waals surface area contributed by atoms with Crippen LogP contribution in [0.1, 0.15) is 56.9 Å². The van der Waals surface area contributed by atoms with E-state index >= 15 is 0 Å². The summed E-state index contributed by atoms with van der Waals surface area (Å²) in [5.41, 5.74) is 2.54. The number of carbonyl (C=O) groups excluding carboxylic acids is 2. The summed E-state index contributed by atoms with van der Waals surface area (Å²) in [6, 6.07) is 10.1. The van der Waals surface area contributed by atoms with Crippen molar-refractivity contribution >= 4 is 29.7 Å². The summed E-state index contributed by atoms with van der Waals surface area (Å²) in [6.45, 7) is 0.736. The number of nitrogens with one attached hydrogen (secondary N) is 2. The van der Waals surface area contributed by atoms with E-state index in [1.54, 1.807) is 11.8 Å². The third kappa shape index (κ3) is 5.33. The Balaban J connectivity index is 1.28. The highest BCUT2D eigenvalue weighted by molar-refractivity contribution is 8.04. The minimum atomic E-state index is -0.00889. The molecule has 2 fully saturated rings. The molecule has 2 aliphatic carbocycles. The number of allylic oxidation sites excluding steroid dienone is 1. The molecule has 1 saturated heterocycles. The minimum Gasteiger partial charge on any atom is -0.356 e. The summed E-state index contributed by atoms with van der Waals surface area (Å²) in [4.78, 5) is 26.0. The molecule has 0 radical (unpaired) electrons. The summed E-state index contributed by atoms with van der Waals surface area (Å²) < 4.78 is 0. The molecule has 1 aliphatic heterocycles. The first-order chi connectivity index (χ1) is 14.2. The van der Waals surface area contributed by atoms with Gasteiger partial charge in [0.2, 0.25) is 5.91 Å². The van der Waals surface area contributed by atoms with Crippen molar-refractivity contribution in [3.8, 4) is 0 Å². The topological polar surface area (TPSA) is 58.2 Å². The average molecular weight is 411 g/mol. The lowest BCUT2D eigenvalue weighted by molar-refractivity contribution is -0.127. The molecule has 3 unspecified atom stereocenters. The summed E-state index contributed by atoms with van der Waals surface area (Å²) in [5.74, 6) is 0.160. The Labute approximate surface area is 177 Å². The first-order valence-electron chi connectivity index (χ1n) is 10.9. The van der Waals surface area contributed by atoms with Crippen LogP contribution >= 0.6 is 11.8 Å². The molecule has 5 heteroatoms. The SMILES string of the molecule is O=C1NC2CC(C(=O)NCCC3=CCCCC3)CCC2S/C1=C\c1ccccc1. The van der Waals surface area contributed by atoms with E-state index in [0.717, 1.165) is 42.7 Å². The van der Waals surface area contributed by atoms with Crippen LogP contribution in [0.25, 0.3) is 6.08 Å². The van der Waals surface area contributed by atoms with Crippen LogP contribution in [-0.2, 0) is 9.59 Å². The Morgan fingerprint density at radius 3 is 2.86 bits per heavy atom. The van der Waals surface area contributed by atoms with Crippen molar-refractivity contribution in [3.05, 3.63) is 52.4 Å². The van der Waals surface area contributed by atoms with E-state index in [1.807, 2.05) is 36.4 Å². The van der Waals surface area contributed by atoms with Gasteiger partial charge in [0.05, 0.1) is 4.91 Å². The number of fused-ring (bicyclic) bond motifs is 1. The first-order valence-corrected chi connectivity index (χ1v) is 11.8. The van der Waals surface area contributed by atoms with Crippen molar-refractivity contribution < 1.29 is 9.59 Å². The lowest BCUT2D eigenvalue weighted by Gasteiger charge is -2.39. The molecule has 0 spiro atoms. The van der Waals surface area contributed by atoms with Gasteiger partial charge < -0.3 is 10.6 Å². The third-order valence-corrected chi connectivity index (χ3v) is 7.63. The maximum Gasteiger partial charge on any atom is 0.257 e. The number of rotatable bonds is 5. The van der Waals surface area contributed by atoms with E-state index < -0.39 is 0 Å². The van der Waals surface area contributed by atoms with E-state index in [9.17, 15) is 9.59 Å². The number of amides is 2. The zero-order valence-corrected chi connectivity index (χ0v) is 17.7. The van der Waals surface area contributed by atoms with Crippen molar-refractivity contribution in [1.29, 1.82) is 0 Å². The van der Waals surface area contributed by atoms with Gasteiger partial charge in [-0.05, 0) is 63.0 Å². The molecule has 3 aliphatic rings. The standard InChI is InChI=1S/C24H30N2O2S/c27-23(25-14-13-17-7-3-1-4-8-17)19-11-12-21-20(16-19)26-24(28)22(29-21)15-18-9-5-2-6-10-18/h2,5-7,9-10,15,19-21H,1,3-4,8,11-14,16H2,(H,25,27)(H,26,28)/b22-15-. The summed E-state index contributed by atoms with van der Waals surface area (Å²) in [6.07, 6.45) is 12.9. The van der Waals surface area contributed by atoms with Crippen LogP contribution in [0.4, 0.5) is 0 Å². The molecule has 1 aromatic rings. The molecule has 4 rings (SSSR count). The van der Waals surface area contributed by atoms with Gasteiger partial charge in [-0.1, -0.05) is 42.0 Å². The largest absolute Gasteiger partial charge is 0.356 e. The molecular weight excluding hydrogens is 380 g/mol. The molecule has 1 aromatic carbocycles. The average Bonchev–Trinajstić information content (AvgIpc) is 2.75. The van der Waals surface area contributed by atoms with E-state index in [1.165, 1.54) is 31.3 Å². The molecule has 29 heavy (non-hydrogen) atoms. The molecule has 154 valence electrons. The lowest BCUT2D eigenvalue weighted by Crippen LogP contribution is -2.51. The smallest absolute Gasteiger partial charge is 0.257 e. The van der Waals surface area contributed by atoms with Crippen molar-refractivity contribution in [1.82, 2.24) is 10.6 Å². The maximum atomic E-state index is 12.6. The second-order valence-corrected chi connectivity index (χ2v) is 9.60. The van der Waals surface area contributed by atoms with Gasteiger partial charge in [-0.15, -0.1) is 11.8 Å². The van der Waals surface area contributed by atoms with Gasteiger partial charge in [0.15, 0.2) is 0 Å². The Bertz CT molecular complexity index is 802. The second kappa shape index (κ2) is 9.66. The van der Waals surface area contributed by atoms with E-state index in [4.69, 9.17) is 0 Å². The Hall–Kier alpha value is -2.01. The molecule has 0 aromatic heterocycles. The van der Waals surface area contributed by atoms with Crippen molar-refractivity contribution in [2.24, 2.45) is 5.92 Å². The number of benzene rings is 1. The Kier molecular flexibility index (Phi) is 6.75. The molecule has 2 N–H and O–H groups in total. The van der Waals surface area contributed by atoms with Gasteiger partial charge in [-0.2, -0.15) is 0 Å². The number of thioether (sulfide) groups is 1. The predicted octanol–water partition coefficient (Wildman–Crippen LogP) is 4.43. The van der Waals surface area contributed by atoms with Gasteiger partial charge in [-0.3, -0.25) is 9.59 Å². The third-order valence-electron chi connectivity index (χ3n) is 6.20. The van der Waals surface area contributed by atoms with E-state index in [-0.39, 0.29) is 23.8 Å². The van der Waals surface area contributed by atoms with Gasteiger partial charge in [0, 0.05) is 23.8 Å². The predicted molar refractivity (Wildman–Crippen MR) is 119 cm³/mol. The summed E-state index contributed by atoms with van der Waals surface area (Å²) in [7, 11) is 0. The van der Waals surface area contributed by atoms with Gasteiger partial charge >= 0.3 is 0 Å². The normalized spacial score (nSPS) is 28.3. The Morgan fingerprint density at radius 1 is 1.21 bits per heavy atom. The first kappa shape index (κ1) is 20.3. The van der Waals surface area contributed by atoms with Crippen LogP contribution in [-0.4, -0.2) is 29.7 Å². The highest BCUT2D eigenvalue weighted by Crippen LogP contribution is 2.39. The molecule has 1 heterocycles. The van der Waals surface area contributed by atoms with Crippen molar-refractivity contribution in [2.45, 2.75) is 62.7 Å². The zero-order valence-electron chi connectivity index (χ0n) is 16.9. The van der Waals surface area contributed by atoms with Crippen LogP contribution < -0.4 is 10.6 Å². The number of carbonyl (C=O) groups is 2. The van der Waals surface area contributed by atoms with Gasteiger partial charge in [0.25, 0.3) is 5.91 Å². The molecule has 1 saturated carbocycles. The Morgan fingerprint density at radius 2 is 2.07 bits per heavy atom. The zero-order chi connectivity index (χ0) is 20.1. The number of hydrogen-bond donors (Lipinski definition) is 2. The monoisotopic (exact) mass is 410 g/mol. The fourth-order valence-corrected chi connectivity index (χ4v) is 5.85. The van der Waals surface area contributed by atoms with Crippen molar-refractivity contribution in [3.63, 3.8) is 0 Å². The van der Waals surface area contributed by atoms with Crippen LogP contribution in [0, 0.1) is 5.92 Å². The highest BCUT2D eigenvalue weighted by atomic mass is 32.2. The van der Waals surface area contributed by atoms with Gasteiger partial charge in [0.1, 0.15) is 0 Å². The second-order valence-electron chi connectivity index (χ2n) is 8.31. The minimum absolute atomic E-state index is 0.00889.